The van der Waals surface area contributed by atoms with Crippen LogP contribution in [0.5, 0.6) is 0 Å². The van der Waals surface area contributed by atoms with Gasteiger partial charge in [0.25, 0.3) is 5.82 Å². The maximum absolute atomic E-state index is 14.0. The molecule has 0 saturated heterocycles. The molecule has 0 spiro atoms. The third-order valence-electron chi connectivity index (χ3n) is 2.90. The summed E-state index contributed by atoms with van der Waals surface area (Å²) < 4.78 is 23.6. The van der Waals surface area contributed by atoms with E-state index >= 15 is 0 Å². The lowest BCUT2D eigenvalue weighted by Crippen LogP contribution is -2.39. The van der Waals surface area contributed by atoms with E-state index in [2.05, 4.69) is 10.1 Å². The number of aromatic nitrogens is 2. The summed E-state index contributed by atoms with van der Waals surface area (Å²) in [6.07, 6.45) is 0. The Balaban J connectivity index is 2.99. The molecule has 0 saturated carbocycles. The molecule has 0 aromatic carbocycles. The third kappa shape index (κ3) is 2.62. The van der Waals surface area contributed by atoms with Crippen LogP contribution in [0.1, 0.15) is 51.1 Å². The van der Waals surface area contributed by atoms with Crippen LogP contribution in [0, 0.1) is 0 Å². The van der Waals surface area contributed by atoms with Crippen molar-refractivity contribution in [1.29, 1.82) is 0 Å². The molecule has 0 N–H and O–H groups in total. The van der Waals surface area contributed by atoms with Crippen molar-refractivity contribution in [3.8, 4) is 0 Å². The first-order valence-corrected chi connectivity index (χ1v) is 5.40. The summed E-state index contributed by atoms with van der Waals surface area (Å²) >= 11 is 0. The maximum atomic E-state index is 14.0. The van der Waals surface area contributed by atoms with Crippen LogP contribution in [0.15, 0.2) is 4.52 Å². The van der Waals surface area contributed by atoms with E-state index in [0.717, 1.165) is 0 Å². The number of carbonyl (C=O) groups is 1. The number of carbonyl (C=O) groups excluding carboxylic acids is 1. The zero-order valence-electron chi connectivity index (χ0n) is 10.7. The lowest BCUT2D eigenvalue weighted by molar-refractivity contribution is 0.0508. The fourth-order valence-corrected chi connectivity index (χ4v) is 1.01. The summed E-state index contributed by atoms with van der Waals surface area (Å²) in [5.41, 5.74) is -2.53. The Morgan fingerprint density at radius 1 is 1.41 bits per heavy atom. The minimum absolute atomic E-state index is 0.0769. The smallest absolute Gasteiger partial charge is 0.379 e. The van der Waals surface area contributed by atoms with Gasteiger partial charge in [-0.25, -0.2) is 9.18 Å². The molecular weight excluding hydrogens is 227 g/mol. The topological polar surface area (TPSA) is 65.2 Å². The summed E-state index contributed by atoms with van der Waals surface area (Å²) in [4.78, 5) is 15.2. The summed E-state index contributed by atoms with van der Waals surface area (Å²) in [5, 5.41) is 3.49. The zero-order valence-corrected chi connectivity index (χ0v) is 10.7. The van der Waals surface area contributed by atoms with Crippen LogP contribution in [0.4, 0.5) is 4.39 Å². The molecule has 0 amide bonds. The van der Waals surface area contributed by atoms with Crippen LogP contribution in [0.3, 0.4) is 0 Å². The molecule has 0 unspecified atom stereocenters. The number of rotatable bonds is 4. The van der Waals surface area contributed by atoms with Crippen LogP contribution >= 0.6 is 0 Å². The number of hydrogen-bond donors (Lipinski definition) is 0. The predicted octanol–water partition coefficient (Wildman–Crippen LogP) is 2.27. The van der Waals surface area contributed by atoms with Gasteiger partial charge in [0, 0.05) is 0 Å². The van der Waals surface area contributed by atoms with Gasteiger partial charge in [-0.1, -0.05) is 0 Å². The highest BCUT2D eigenvalue weighted by atomic mass is 19.1. The van der Waals surface area contributed by atoms with Crippen molar-refractivity contribution in [1.82, 2.24) is 10.1 Å². The number of hydrogen-bond acceptors (Lipinski definition) is 5. The molecule has 1 aromatic rings. The molecule has 17 heavy (non-hydrogen) atoms. The monoisotopic (exact) mass is 244 g/mol. The van der Waals surface area contributed by atoms with Crippen LogP contribution < -0.4 is 0 Å². The number of alkyl halides is 1. The minimum Gasteiger partial charge on any atom is -0.460 e. The molecule has 0 aliphatic carbocycles. The molecule has 1 rings (SSSR count). The number of halogens is 1. The van der Waals surface area contributed by atoms with Gasteiger partial charge >= 0.3 is 5.97 Å². The standard InChI is InChI=1S/C11H17FN2O3/c1-6-16-8(15)7-13-9(17-14-7)10(2,3)11(4,5)12/h6H2,1-5H3. The second-order valence-electron chi connectivity index (χ2n) is 4.74. The van der Waals surface area contributed by atoms with Gasteiger partial charge < -0.3 is 9.26 Å². The maximum Gasteiger partial charge on any atom is 0.379 e. The average Bonchev–Trinajstić information content (AvgIpc) is 2.65. The van der Waals surface area contributed by atoms with Crippen LogP contribution in [-0.4, -0.2) is 28.4 Å². The van der Waals surface area contributed by atoms with Crippen molar-refractivity contribution < 1.29 is 18.4 Å². The Labute approximate surface area is 99.3 Å². The van der Waals surface area contributed by atoms with Gasteiger partial charge in [0.05, 0.1) is 12.0 Å². The molecule has 0 aliphatic rings. The summed E-state index contributed by atoms with van der Waals surface area (Å²) in [7, 11) is 0. The minimum atomic E-state index is -1.55. The first-order valence-electron chi connectivity index (χ1n) is 5.40. The highest BCUT2D eigenvalue weighted by Gasteiger charge is 2.43. The molecular formula is C11H17FN2O3. The Hall–Kier alpha value is -1.46. The lowest BCUT2D eigenvalue weighted by Gasteiger charge is -2.30. The summed E-state index contributed by atoms with van der Waals surface area (Å²) in [6, 6.07) is 0. The van der Waals surface area contributed by atoms with Crippen molar-refractivity contribution in [3.05, 3.63) is 11.7 Å². The van der Waals surface area contributed by atoms with Crippen LogP contribution in [0.25, 0.3) is 0 Å². The summed E-state index contributed by atoms with van der Waals surface area (Å²) in [6.45, 7) is 8.00. The van der Waals surface area contributed by atoms with E-state index in [1.54, 1.807) is 20.8 Å². The van der Waals surface area contributed by atoms with Gasteiger partial charge in [-0.2, -0.15) is 4.98 Å². The molecule has 1 aromatic heterocycles. The molecule has 96 valence electrons. The van der Waals surface area contributed by atoms with Crippen LogP contribution in [-0.2, 0) is 10.2 Å². The highest BCUT2D eigenvalue weighted by molar-refractivity contribution is 5.84. The van der Waals surface area contributed by atoms with Crippen molar-refractivity contribution >= 4 is 5.97 Å². The average molecular weight is 244 g/mol. The first-order chi connectivity index (χ1) is 7.70. The van der Waals surface area contributed by atoms with E-state index in [1.165, 1.54) is 13.8 Å². The molecule has 0 fully saturated rings. The number of ether oxygens (including phenoxy) is 1. The fourth-order valence-electron chi connectivity index (χ4n) is 1.01. The number of esters is 1. The Morgan fingerprint density at radius 2 is 2.00 bits per heavy atom. The third-order valence-corrected chi connectivity index (χ3v) is 2.90. The second kappa shape index (κ2) is 4.43. The van der Waals surface area contributed by atoms with Gasteiger partial charge in [-0.3, -0.25) is 0 Å². The highest BCUT2D eigenvalue weighted by Crippen LogP contribution is 2.36. The van der Waals surface area contributed by atoms with Crippen molar-refractivity contribution in [2.24, 2.45) is 0 Å². The Kier molecular flexibility index (Phi) is 3.54. The molecule has 0 radical (unpaired) electrons. The van der Waals surface area contributed by atoms with Gasteiger partial charge in [0.1, 0.15) is 5.67 Å². The van der Waals surface area contributed by atoms with Crippen LogP contribution in [0.2, 0.25) is 0 Å². The van der Waals surface area contributed by atoms with E-state index in [1.807, 2.05) is 0 Å². The van der Waals surface area contributed by atoms with Gasteiger partial charge in [0.15, 0.2) is 0 Å². The normalized spacial score (nSPS) is 12.6. The Bertz CT molecular complexity index is 407. The Morgan fingerprint density at radius 3 is 2.47 bits per heavy atom. The van der Waals surface area contributed by atoms with Crippen molar-refractivity contribution in [2.45, 2.75) is 45.7 Å². The van der Waals surface area contributed by atoms with Crippen molar-refractivity contribution in [3.63, 3.8) is 0 Å². The summed E-state index contributed by atoms with van der Waals surface area (Å²) in [5.74, 6) is -0.776. The molecule has 0 bridgehead atoms. The predicted molar refractivity (Wildman–Crippen MR) is 58.5 cm³/mol. The second-order valence-corrected chi connectivity index (χ2v) is 4.74. The van der Waals surface area contributed by atoms with E-state index in [4.69, 9.17) is 9.26 Å². The molecule has 0 aliphatic heterocycles. The molecule has 5 nitrogen and oxygen atoms in total. The quantitative estimate of drug-likeness (QED) is 0.760. The molecule has 0 atom stereocenters. The van der Waals surface area contributed by atoms with E-state index in [9.17, 15) is 9.18 Å². The van der Waals surface area contributed by atoms with E-state index in [0.29, 0.717) is 0 Å². The van der Waals surface area contributed by atoms with E-state index < -0.39 is 17.1 Å². The lowest BCUT2D eigenvalue weighted by atomic mass is 9.78. The van der Waals surface area contributed by atoms with Gasteiger partial charge in [-0.15, -0.1) is 0 Å². The van der Waals surface area contributed by atoms with Crippen molar-refractivity contribution in [2.75, 3.05) is 6.61 Å². The fraction of sp³-hybridized carbons (Fsp3) is 0.727. The van der Waals surface area contributed by atoms with E-state index in [-0.39, 0.29) is 18.3 Å². The molecule has 6 heteroatoms. The van der Waals surface area contributed by atoms with Gasteiger partial charge in [-0.05, 0) is 39.8 Å². The SMILES string of the molecule is CCOC(=O)c1noc(C(C)(C)C(C)(C)F)n1. The first kappa shape index (κ1) is 13.6. The zero-order chi connectivity index (χ0) is 13.3. The molecule has 1 heterocycles. The largest absolute Gasteiger partial charge is 0.460 e. The number of nitrogens with zero attached hydrogens (tertiary/aromatic N) is 2. The van der Waals surface area contributed by atoms with Gasteiger partial charge in [0.2, 0.25) is 5.89 Å².